The molecular formula is C8H8N4O2. The molecule has 1 aromatic rings. The van der Waals surface area contributed by atoms with Crippen LogP contribution in [0.15, 0.2) is 24.3 Å². The Morgan fingerprint density at radius 3 is 2.50 bits per heavy atom. The van der Waals surface area contributed by atoms with E-state index in [-0.39, 0.29) is 12.2 Å². The fraction of sp³-hybridized carbons (Fsp3) is 0.125. The summed E-state index contributed by atoms with van der Waals surface area (Å²) in [6.07, 6.45) is -0.321. The fourth-order valence-electron chi connectivity index (χ4n) is 1.22. The molecule has 0 aromatic heterocycles. The highest BCUT2D eigenvalue weighted by atomic mass is 16.6. The standard InChI is InChI=1S/C8H7NO2.N3/c9-7-5-3-1-2-4-6(5)8(10)11-7;1-3-2/h1-4,7H,9H2;/q;-1/p+1. The normalized spacial score (nSPS) is 17.2. The van der Waals surface area contributed by atoms with E-state index in [9.17, 15) is 4.79 Å². The van der Waals surface area contributed by atoms with Crippen molar-refractivity contribution in [1.82, 2.24) is 0 Å². The van der Waals surface area contributed by atoms with Crippen LogP contribution in [0.1, 0.15) is 22.1 Å². The van der Waals surface area contributed by atoms with E-state index in [1.807, 2.05) is 18.2 Å². The third-order valence-corrected chi connectivity index (χ3v) is 1.78. The predicted octanol–water partition coefficient (Wildman–Crippen LogP) is 0.964. The number of cyclic esters (lactones) is 1. The Bertz CT molecular complexity index is 385. The van der Waals surface area contributed by atoms with Gasteiger partial charge in [-0.2, -0.15) is 0 Å². The number of nitrogens with zero attached hydrogens (tertiary/aromatic N) is 3. The lowest BCUT2D eigenvalue weighted by Gasteiger charge is -1.96. The zero-order chi connectivity index (χ0) is 10.6. The third kappa shape index (κ3) is 1.82. The van der Waals surface area contributed by atoms with E-state index in [0.29, 0.717) is 5.56 Å². The van der Waals surface area contributed by atoms with Crippen LogP contribution >= 0.6 is 0 Å². The van der Waals surface area contributed by atoms with Gasteiger partial charge < -0.3 is 21.5 Å². The topological polar surface area (TPSA) is 113 Å². The first-order chi connectivity index (χ1) is 6.70. The van der Waals surface area contributed by atoms with Crippen molar-refractivity contribution in [1.29, 1.82) is 0 Å². The van der Waals surface area contributed by atoms with Gasteiger partial charge in [0.1, 0.15) is 0 Å². The fourth-order valence-corrected chi connectivity index (χ4v) is 1.22. The number of benzene rings is 1. The van der Waals surface area contributed by atoms with Crippen LogP contribution in [0.5, 0.6) is 0 Å². The number of ether oxygens (including phenoxy) is 1. The van der Waals surface area contributed by atoms with Gasteiger partial charge >= 0.3 is 5.97 Å². The second kappa shape index (κ2) is 4.27. The molecule has 0 amide bonds. The largest absolute Gasteiger partial charge is 0.404 e. The number of hydrogen-bond donors (Lipinski definition) is 1. The van der Waals surface area contributed by atoms with Gasteiger partial charge in [0.25, 0.3) is 6.23 Å². The van der Waals surface area contributed by atoms with Crippen molar-refractivity contribution in [3.8, 4) is 0 Å². The van der Waals surface area contributed by atoms with E-state index in [1.165, 1.54) is 4.91 Å². The number of carbonyl (C=O) groups is 1. The number of quaternary nitrogens is 1. The van der Waals surface area contributed by atoms with E-state index in [0.717, 1.165) is 5.56 Å². The molecule has 1 heterocycles. The summed E-state index contributed by atoms with van der Waals surface area (Å²) in [5.41, 5.74) is 18.7. The summed E-state index contributed by atoms with van der Waals surface area (Å²) in [4.78, 5) is 12.5. The number of fused-ring (bicyclic) bond motifs is 1. The van der Waals surface area contributed by atoms with Gasteiger partial charge in [0, 0.05) is 0 Å². The van der Waals surface area contributed by atoms with Gasteiger partial charge in [0.2, 0.25) is 0 Å². The molecule has 72 valence electrons. The van der Waals surface area contributed by atoms with Crippen LogP contribution in [-0.4, -0.2) is 5.97 Å². The Labute approximate surface area is 79.7 Å². The highest BCUT2D eigenvalue weighted by molar-refractivity contribution is 5.93. The molecule has 0 spiro atoms. The maximum absolute atomic E-state index is 11.0. The summed E-state index contributed by atoms with van der Waals surface area (Å²) in [6, 6.07) is 7.30. The van der Waals surface area contributed by atoms with E-state index in [2.05, 4.69) is 5.73 Å². The maximum Gasteiger partial charge on any atom is 0.343 e. The number of hydrogen-bond acceptors (Lipinski definition) is 2. The van der Waals surface area contributed by atoms with E-state index < -0.39 is 0 Å². The Morgan fingerprint density at radius 2 is 1.93 bits per heavy atom. The first kappa shape index (κ1) is 10.0. The summed E-state index contributed by atoms with van der Waals surface area (Å²) < 4.78 is 4.88. The van der Waals surface area contributed by atoms with Gasteiger partial charge in [-0.25, -0.2) is 4.79 Å². The molecular weight excluding hydrogens is 184 g/mol. The van der Waals surface area contributed by atoms with Crippen LogP contribution in [0, 0.1) is 0 Å². The molecule has 0 saturated heterocycles. The molecule has 2 rings (SSSR count). The molecule has 1 aliphatic heterocycles. The van der Waals surface area contributed by atoms with E-state index >= 15 is 0 Å². The first-order valence-electron chi connectivity index (χ1n) is 3.82. The summed E-state index contributed by atoms with van der Waals surface area (Å²) in [5.74, 6) is -0.263. The molecule has 0 bridgehead atoms. The zero-order valence-corrected chi connectivity index (χ0v) is 7.25. The van der Waals surface area contributed by atoms with Crippen molar-refractivity contribution < 1.29 is 15.3 Å². The van der Waals surface area contributed by atoms with Gasteiger partial charge in [0.05, 0.1) is 11.1 Å². The van der Waals surface area contributed by atoms with Crippen molar-refractivity contribution in [2.45, 2.75) is 6.23 Å². The van der Waals surface area contributed by atoms with Gasteiger partial charge in [0.15, 0.2) is 0 Å². The Morgan fingerprint density at radius 1 is 1.36 bits per heavy atom. The molecule has 1 unspecified atom stereocenters. The molecule has 1 atom stereocenters. The van der Waals surface area contributed by atoms with Gasteiger partial charge in [-0.15, -0.1) is 0 Å². The number of esters is 1. The van der Waals surface area contributed by atoms with Crippen molar-refractivity contribution in [3.63, 3.8) is 0 Å². The lowest BCUT2D eigenvalue weighted by atomic mass is 10.1. The average Bonchev–Trinajstić information content (AvgIpc) is 2.45. The SMILES string of the molecule is [N-]=[N+]=[N-].[NH3+]C1OC(=O)c2ccccc21. The molecule has 1 aromatic carbocycles. The zero-order valence-electron chi connectivity index (χ0n) is 7.25. The molecule has 0 fully saturated rings. The van der Waals surface area contributed by atoms with E-state index in [4.69, 9.17) is 15.8 Å². The van der Waals surface area contributed by atoms with Crippen LogP contribution in [0.25, 0.3) is 16.0 Å². The molecule has 14 heavy (non-hydrogen) atoms. The number of carbonyl (C=O) groups excluding carboxylic acids is 1. The van der Waals surface area contributed by atoms with Gasteiger partial charge in [-0.3, -0.25) is 4.91 Å². The van der Waals surface area contributed by atoms with Gasteiger partial charge in [-0.05, 0) is 12.1 Å². The van der Waals surface area contributed by atoms with Crippen molar-refractivity contribution in [2.75, 3.05) is 0 Å². The Kier molecular flexibility index (Phi) is 3.06. The minimum Gasteiger partial charge on any atom is -0.404 e. The second-order valence-electron chi connectivity index (χ2n) is 2.57. The summed E-state index contributed by atoms with van der Waals surface area (Å²) in [7, 11) is 0. The van der Waals surface area contributed by atoms with Crippen LogP contribution in [0.2, 0.25) is 0 Å². The molecule has 3 N–H and O–H groups in total. The lowest BCUT2D eigenvalue weighted by Crippen LogP contribution is -2.53. The third-order valence-electron chi connectivity index (χ3n) is 1.78. The predicted molar refractivity (Wildman–Crippen MR) is 47.6 cm³/mol. The molecule has 1 aliphatic rings. The average molecular weight is 192 g/mol. The second-order valence-corrected chi connectivity index (χ2v) is 2.57. The summed E-state index contributed by atoms with van der Waals surface area (Å²) in [5, 5.41) is 0. The Balaban J connectivity index is 0.000000293. The molecule has 0 aliphatic carbocycles. The van der Waals surface area contributed by atoms with Crippen LogP contribution < -0.4 is 5.73 Å². The van der Waals surface area contributed by atoms with E-state index in [1.54, 1.807) is 6.07 Å². The minimum atomic E-state index is -0.321. The van der Waals surface area contributed by atoms with Crippen molar-refractivity contribution in [3.05, 3.63) is 51.4 Å². The number of rotatable bonds is 0. The van der Waals surface area contributed by atoms with Crippen LogP contribution in [0.3, 0.4) is 0 Å². The lowest BCUT2D eigenvalue weighted by molar-refractivity contribution is -0.483. The first-order valence-corrected chi connectivity index (χ1v) is 3.82. The van der Waals surface area contributed by atoms with Crippen LogP contribution in [-0.2, 0) is 4.74 Å². The summed E-state index contributed by atoms with van der Waals surface area (Å²) >= 11 is 0. The molecule has 0 radical (unpaired) electrons. The quantitative estimate of drug-likeness (QED) is 0.285. The molecule has 6 nitrogen and oxygen atoms in total. The highest BCUT2D eigenvalue weighted by Crippen LogP contribution is 2.24. The monoisotopic (exact) mass is 192 g/mol. The summed E-state index contributed by atoms with van der Waals surface area (Å²) in [6.45, 7) is 0. The minimum absolute atomic E-state index is 0.263. The maximum atomic E-state index is 11.0. The van der Waals surface area contributed by atoms with Crippen molar-refractivity contribution >= 4 is 5.97 Å². The highest BCUT2D eigenvalue weighted by Gasteiger charge is 2.29. The Hall–Kier alpha value is -2.04. The van der Waals surface area contributed by atoms with Crippen LogP contribution in [0.4, 0.5) is 0 Å². The molecule has 6 heteroatoms. The smallest absolute Gasteiger partial charge is 0.343 e. The van der Waals surface area contributed by atoms with Gasteiger partial charge in [-0.1, -0.05) is 12.1 Å². The molecule has 0 saturated carbocycles. The van der Waals surface area contributed by atoms with Crippen molar-refractivity contribution in [2.24, 2.45) is 0 Å².